The normalized spacial score (nSPS) is 10.6. The SMILES string of the molecule is CCCCC(=O)NN=C(C(C)C)C(C)C. The number of hydrogen-bond donors (Lipinski definition) is 1. The Morgan fingerprint density at radius 3 is 2.13 bits per heavy atom. The molecule has 0 fully saturated rings. The van der Waals surface area contributed by atoms with Crippen molar-refractivity contribution in [3.8, 4) is 0 Å². The summed E-state index contributed by atoms with van der Waals surface area (Å²) < 4.78 is 0. The van der Waals surface area contributed by atoms with Crippen LogP contribution in [0.2, 0.25) is 0 Å². The lowest BCUT2D eigenvalue weighted by Crippen LogP contribution is -2.24. The zero-order chi connectivity index (χ0) is 11.8. The molecule has 0 radical (unpaired) electrons. The predicted octanol–water partition coefficient (Wildman–Crippen LogP) is 2.96. The van der Waals surface area contributed by atoms with Crippen LogP contribution in [0.1, 0.15) is 53.9 Å². The fourth-order valence-electron chi connectivity index (χ4n) is 1.45. The van der Waals surface area contributed by atoms with Gasteiger partial charge in [-0.3, -0.25) is 4.79 Å². The van der Waals surface area contributed by atoms with Gasteiger partial charge in [0.05, 0.1) is 0 Å². The summed E-state index contributed by atoms with van der Waals surface area (Å²) in [6.07, 6.45) is 2.54. The molecule has 0 aromatic rings. The highest BCUT2D eigenvalue weighted by molar-refractivity contribution is 5.89. The molecule has 3 heteroatoms. The number of hydrogen-bond acceptors (Lipinski definition) is 2. The molecular formula is C12H24N2O. The molecule has 0 saturated heterocycles. The monoisotopic (exact) mass is 212 g/mol. The summed E-state index contributed by atoms with van der Waals surface area (Å²) >= 11 is 0. The second-order valence-electron chi connectivity index (χ2n) is 4.48. The van der Waals surface area contributed by atoms with Gasteiger partial charge in [0.1, 0.15) is 0 Å². The summed E-state index contributed by atoms with van der Waals surface area (Å²) in [6, 6.07) is 0. The predicted molar refractivity (Wildman–Crippen MR) is 64.8 cm³/mol. The Labute approximate surface area is 93.3 Å². The van der Waals surface area contributed by atoms with E-state index in [9.17, 15) is 4.79 Å². The summed E-state index contributed by atoms with van der Waals surface area (Å²) in [6.45, 7) is 10.5. The molecule has 0 aliphatic heterocycles. The van der Waals surface area contributed by atoms with Crippen LogP contribution in [0.15, 0.2) is 5.10 Å². The third-order valence-electron chi connectivity index (χ3n) is 2.25. The highest BCUT2D eigenvalue weighted by Crippen LogP contribution is 2.07. The zero-order valence-corrected chi connectivity index (χ0v) is 10.6. The third-order valence-corrected chi connectivity index (χ3v) is 2.25. The molecule has 3 nitrogen and oxygen atoms in total. The number of unbranched alkanes of at least 4 members (excludes halogenated alkanes) is 1. The largest absolute Gasteiger partial charge is 0.273 e. The molecule has 1 amide bonds. The van der Waals surface area contributed by atoms with Crippen LogP contribution in [0.4, 0.5) is 0 Å². The summed E-state index contributed by atoms with van der Waals surface area (Å²) in [5.41, 5.74) is 3.68. The van der Waals surface area contributed by atoms with Gasteiger partial charge in [-0.15, -0.1) is 0 Å². The zero-order valence-electron chi connectivity index (χ0n) is 10.6. The van der Waals surface area contributed by atoms with Gasteiger partial charge in [0.15, 0.2) is 0 Å². The average Bonchev–Trinajstić information content (AvgIpc) is 2.13. The molecule has 15 heavy (non-hydrogen) atoms. The van der Waals surface area contributed by atoms with Crippen LogP contribution < -0.4 is 5.43 Å². The minimum Gasteiger partial charge on any atom is -0.273 e. The Morgan fingerprint density at radius 1 is 1.20 bits per heavy atom. The Morgan fingerprint density at radius 2 is 1.73 bits per heavy atom. The van der Waals surface area contributed by atoms with E-state index in [-0.39, 0.29) is 5.91 Å². The van der Waals surface area contributed by atoms with Gasteiger partial charge < -0.3 is 0 Å². The molecule has 88 valence electrons. The molecule has 0 aliphatic rings. The van der Waals surface area contributed by atoms with Crippen molar-refractivity contribution in [2.75, 3.05) is 0 Å². The van der Waals surface area contributed by atoms with E-state index < -0.39 is 0 Å². The molecule has 0 spiro atoms. The van der Waals surface area contributed by atoms with Crippen LogP contribution in [0, 0.1) is 11.8 Å². The van der Waals surface area contributed by atoms with E-state index in [4.69, 9.17) is 0 Å². The van der Waals surface area contributed by atoms with E-state index in [0.29, 0.717) is 18.3 Å². The van der Waals surface area contributed by atoms with Gasteiger partial charge in [0.2, 0.25) is 5.91 Å². The molecule has 1 N–H and O–H groups in total. The Balaban J connectivity index is 4.15. The number of carbonyl (C=O) groups is 1. The van der Waals surface area contributed by atoms with Crippen molar-refractivity contribution in [2.45, 2.75) is 53.9 Å². The van der Waals surface area contributed by atoms with Gasteiger partial charge in [-0.2, -0.15) is 5.10 Å². The van der Waals surface area contributed by atoms with Crippen LogP contribution in [0.3, 0.4) is 0 Å². The second-order valence-corrected chi connectivity index (χ2v) is 4.48. The number of carbonyl (C=O) groups excluding carboxylic acids is 1. The lowest BCUT2D eigenvalue weighted by molar-refractivity contribution is -0.121. The Hall–Kier alpha value is -0.860. The molecule has 0 unspecified atom stereocenters. The van der Waals surface area contributed by atoms with Crippen molar-refractivity contribution in [2.24, 2.45) is 16.9 Å². The van der Waals surface area contributed by atoms with Gasteiger partial charge in [-0.1, -0.05) is 41.0 Å². The van der Waals surface area contributed by atoms with Crippen LogP contribution >= 0.6 is 0 Å². The van der Waals surface area contributed by atoms with E-state index in [1.165, 1.54) is 0 Å². The van der Waals surface area contributed by atoms with Crippen LogP contribution in [-0.2, 0) is 4.79 Å². The Bertz CT molecular complexity index is 210. The van der Waals surface area contributed by atoms with E-state index in [1.807, 2.05) is 0 Å². The summed E-state index contributed by atoms with van der Waals surface area (Å²) in [5, 5.41) is 4.19. The van der Waals surface area contributed by atoms with Crippen molar-refractivity contribution in [1.82, 2.24) is 5.43 Å². The minimum absolute atomic E-state index is 0.0238. The fourth-order valence-corrected chi connectivity index (χ4v) is 1.45. The van der Waals surface area contributed by atoms with E-state index >= 15 is 0 Å². The molecule has 0 aromatic carbocycles. The quantitative estimate of drug-likeness (QED) is 0.534. The topological polar surface area (TPSA) is 41.5 Å². The van der Waals surface area contributed by atoms with Gasteiger partial charge in [0.25, 0.3) is 0 Å². The summed E-state index contributed by atoms with van der Waals surface area (Å²) in [5.74, 6) is 0.795. The van der Waals surface area contributed by atoms with Gasteiger partial charge in [-0.05, 0) is 18.3 Å². The van der Waals surface area contributed by atoms with Gasteiger partial charge >= 0.3 is 0 Å². The number of hydrazone groups is 1. The van der Waals surface area contributed by atoms with Crippen molar-refractivity contribution in [3.05, 3.63) is 0 Å². The fraction of sp³-hybridized carbons (Fsp3) is 0.833. The van der Waals surface area contributed by atoms with E-state index in [1.54, 1.807) is 0 Å². The first kappa shape index (κ1) is 14.1. The lowest BCUT2D eigenvalue weighted by Gasteiger charge is -2.13. The van der Waals surface area contributed by atoms with Crippen molar-refractivity contribution in [1.29, 1.82) is 0 Å². The standard InChI is InChI=1S/C12H24N2O/c1-6-7-8-11(15)13-14-12(9(2)3)10(4)5/h9-10H,6-8H2,1-5H3,(H,13,15). The van der Waals surface area contributed by atoms with E-state index in [0.717, 1.165) is 18.6 Å². The number of nitrogens with one attached hydrogen (secondary N) is 1. The summed E-state index contributed by atoms with van der Waals surface area (Å²) in [4.78, 5) is 11.3. The van der Waals surface area contributed by atoms with Crippen molar-refractivity contribution >= 4 is 11.6 Å². The van der Waals surface area contributed by atoms with Gasteiger partial charge in [-0.25, -0.2) is 5.43 Å². The van der Waals surface area contributed by atoms with E-state index in [2.05, 4.69) is 45.1 Å². The molecule has 0 atom stereocenters. The van der Waals surface area contributed by atoms with Crippen molar-refractivity contribution in [3.63, 3.8) is 0 Å². The number of nitrogens with zero attached hydrogens (tertiary/aromatic N) is 1. The first-order valence-corrected chi connectivity index (χ1v) is 5.85. The second kappa shape index (κ2) is 7.43. The highest BCUT2D eigenvalue weighted by Gasteiger charge is 2.10. The average molecular weight is 212 g/mol. The van der Waals surface area contributed by atoms with Crippen LogP contribution in [0.25, 0.3) is 0 Å². The van der Waals surface area contributed by atoms with Crippen molar-refractivity contribution < 1.29 is 4.79 Å². The molecule has 0 bridgehead atoms. The van der Waals surface area contributed by atoms with Gasteiger partial charge in [0, 0.05) is 12.1 Å². The highest BCUT2D eigenvalue weighted by atomic mass is 16.2. The molecule has 0 rings (SSSR count). The maximum atomic E-state index is 11.3. The smallest absolute Gasteiger partial charge is 0.240 e. The Kier molecular flexibility index (Phi) is 7.01. The van der Waals surface area contributed by atoms with Crippen LogP contribution in [-0.4, -0.2) is 11.6 Å². The summed E-state index contributed by atoms with van der Waals surface area (Å²) in [7, 11) is 0. The first-order valence-electron chi connectivity index (χ1n) is 5.85. The molecular weight excluding hydrogens is 188 g/mol. The van der Waals surface area contributed by atoms with Crippen LogP contribution in [0.5, 0.6) is 0 Å². The number of amides is 1. The lowest BCUT2D eigenvalue weighted by atomic mass is 9.98. The molecule has 0 heterocycles. The third kappa shape index (κ3) is 6.26. The molecule has 0 aromatic heterocycles. The number of rotatable bonds is 6. The first-order chi connectivity index (χ1) is 6.99. The molecule has 0 saturated carbocycles. The maximum absolute atomic E-state index is 11.3. The minimum atomic E-state index is 0.0238. The maximum Gasteiger partial charge on any atom is 0.240 e. The molecule has 0 aliphatic carbocycles.